The van der Waals surface area contributed by atoms with Gasteiger partial charge in [-0.15, -0.1) is 0 Å². The molecule has 1 unspecified atom stereocenters. The highest BCUT2D eigenvalue weighted by molar-refractivity contribution is 5.92. The molecular weight excluding hydrogens is 176 g/mol. The van der Waals surface area contributed by atoms with Gasteiger partial charge in [0.15, 0.2) is 0 Å². The quantitative estimate of drug-likeness (QED) is 0.547. The third-order valence-corrected chi connectivity index (χ3v) is 4.47. The van der Waals surface area contributed by atoms with Gasteiger partial charge in [0.25, 0.3) is 0 Å². The van der Waals surface area contributed by atoms with Crippen LogP contribution in [0.3, 0.4) is 0 Å². The summed E-state index contributed by atoms with van der Waals surface area (Å²) in [5, 5.41) is 0. The molecule has 1 saturated carbocycles. The summed E-state index contributed by atoms with van der Waals surface area (Å²) in [7, 11) is 0. The standard InChI is InChI=1S/C12H16O2/c1-7-4-12-6-14-5-9(12)3-10(7)8(2)11(12)13/h4,8-10H,3,5-6H2,1-2H3/t8?,9-,10+,12-/m1/s1. The summed E-state index contributed by atoms with van der Waals surface area (Å²) in [6.07, 6.45) is 3.37. The van der Waals surface area contributed by atoms with Gasteiger partial charge in [-0.3, -0.25) is 4.79 Å². The smallest absolute Gasteiger partial charge is 0.148 e. The molecular formula is C12H16O2. The first-order valence-corrected chi connectivity index (χ1v) is 5.46. The number of carbonyl (C=O) groups excluding carboxylic acids is 1. The highest BCUT2D eigenvalue weighted by Gasteiger charge is 2.58. The van der Waals surface area contributed by atoms with Gasteiger partial charge >= 0.3 is 0 Å². The minimum atomic E-state index is -0.224. The summed E-state index contributed by atoms with van der Waals surface area (Å²) in [6.45, 7) is 5.67. The lowest BCUT2D eigenvalue weighted by Crippen LogP contribution is -2.51. The molecule has 14 heavy (non-hydrogen) atoms. The van der Waals surface area contributed by atoms with Crippen molar-refractivity contribution in [3.8, 4) is 0 Å². The average Bonchev–Trinajstić information content (AvgIpc) is 2.56. The molecule has 2 heteroatoms. The molecule has 0 aromatic carbocycles. The van der Waals surface area contributed by atoms with Crippen molar-refractivity contribution in [1.82, 2.24) is 0 Å². The predicted molar refractivity (Wildman–Crippen MR) is 52.8 cm³/mol. The van der Waals surface area contributed by atoms with E-state index in [1.165, 1.54) is 5.57 Å². The summed E-state index contributed by atoms with van der Waals surface area (Å²) < 4.78 is 5.51. The van der Waals surface area contributed by atoms with Crippen LogP contribution >= 0.6 is 0 Å². The first-order chi connectivity index (χ1) is 6.65. The van der Waals surface area contributed by atoms with Gasteiger partial charge in [0.2, 0.25) is 0 Å². The molecule has 1 aliphatic heterocycles. The zero-order chi connectivity index (χ0) is 9.92. The number of hydrogen-bond acceptors (Lipinski definition) is 2. The van der Waals surface area contributed by atoms with E-state index in [0.717, 1.165) is 13.0 Å². The van der Waals surface area contributed by atoms with Crippen molar-refractivity contribution < 1.29 is 9.53 Å². The van der Waals surface area contributed by atoms with E-state index in [1.807, 2.05) is 0 Å². The van der Waals surface area contributed by atoms with E-state index in [-0.39, 0.29) is 11.3 Å². The minimum Gasteiger partial charge on any atom is -0.380 e. The number of hydrogen-bond donors (Lipinski definition) is 0. The molecule has 2 nitrogen and oxygen atoms in total. The maximum absolute atomic E-state index is 12.2. The highest BCUT2D eigenvalue weighted by Crippen LogP contribution is 2.55. The zero-order valence-corrected chi connectivity index (χ0v) is 8.75. The normalized spacial score (nSPS) is 50.6. The lowest BCUT2D eigenvalue weighted by molar-refractivity contribution is -0.137. The first kappa shape index (κ1) is 8.66. The second-order valence-corrected chi connectivity index (χ2v) is 5.14. The fourth-order valence-corrected chi connectivity index (χ4v) is 3.63. The summed E-state index contributed by atoms with van der Waals surface area (Å²) >= 11 is 0. The van der Waals surface area contributed by atoms with Gasteiger partial charge in [0.05, 0.1) is 18.6 Å². The van der Waals surface area contributed by atoms with E-state index >= 15 is 0 Å². The average molecular weight is 192 g/mol. The molecule has 4 aliphatic rings. The van der Waals surface area contributed by atoms with Crippen molar-refractivity contribution in [2.45, 2.75) is 20.3 Å². The van der Waals surface area contributed by atoms with Crippen LogP contribution in [0.1, 0.15) is 20.3 Å². The van der Waals surface area contributed by atoms with Crippen molar-refractivity contribution in [3.05, 3.63) is 11.6 Å². The Morgan fingerprint density at radius 3 is 3.14 bits per heavy atom. The van der Waals surface area contributed by atoms with E-state index in [0.29, 0.717) is 24.2 Å². The van der Waals surface area contributed by atoms with Gasteiger partial charge in [-0.1, -0.05) is 18.6 Å². The maximum Gasteiger partial charge on any atom is 0.148 e. The zero-order valence-electron chi connectivity index (χ0n) is 8.75. The van der Waals surface area contributed by atoms with Gasteiger partial charge in [-0.25, -0.2) is 0 Å². The Balaban J connectivity index is 2.15. The number of ether oxygens (including phenoxy) is 1. The van der Waals surface area contributed by atoms with E-state index in [1.54, 1.807) is 0 Å². The SMILES string of the molecule is CC1=C[C@@]23COC[C@H]2C[C@@H]1C(C)C3=O. The Morgan fingerprint density at radius 1 is 1.57 bits per heavy atom. The molecule has 1 spiro atoms. The third kappa shape index (κ3) is 0.789. The molecule has 0 aromatic rings. The molecule has 0 amide bonds. The van der Waals surface area contributed by atoms with E-state index < -0.39 is 0 Å². The number of rotatable bonds is 0. The van der Waals surface area contributed by atoms with Crippen LogP contribution in [-0.2, 0) is 9.53 Å². The predicted octanol–water partition coefficient (Wildman–Crippen LogP) is 1.80. The van der Waals surface area contributed by atoms with Crippen LogP contribution in [0.5, 0.6) is 0 Å². The van der Waals surface area contributed by atoms with Crippen molar-refractivity contribution in [2.75, 3.05) is 13.2 Å². The monoisotopic (exact) mass is 192 g/mol. The van der Waals surface area contributed by atoms with Crippen molar-refractivity contribution in [2.24, 2.45) is 23.2 Å². The molecule has 0 aromatic heterocycles. The van der Waals surface area contributed by atoms with E-state index in [9.17, 15) is 4.79 Å². The van der Waals surface area contributed by atoms with Gasteiger partial charge < -0.3 is 4.74 Å². The number of allylic oxidation sites excluding steroid dienone is 1. The molecule has 4 atom stereocenters. The Labute approximate surface area is 84.3 Å². The first-order valence-electron chi connectivity index (χ1n) is 5.46. The topological polar surface area (TPSA) is 26.3 Å². The molecule has 76 valence electrons. The van der Waals surface area contributed by atoms with Crippen LogP contribution < -0.4 is 0 Å². The molecule has 4 rings (SSSR count). The lowest BCUT2D eigenvalue weighted by atomic mass is 9.54. The number of fused-ring (bicyclic) bond motifs is 1. The Hall–Kier alpha value is -0.630. The molecule has 0 N–H and O–H groups in total. The van der Waals surface area contributed by atoms with Crippen LogP contribution in [0.4, 0.5) is 0 Å². The summed E-state index contributed by atoms with van der Waals surface area (Å²) in [5.74, 6) is 1.62. The van der Waals surface area contributed by atoms with Crippen LogP contribution in [0.25, 0.3) is 0 Å². The Bertz CT molecular complexity index is 331. The largest absolute Gasteiger partial charge is 0.380 e. The highest BCUT2D eigenvalue weighted by atomic mass is 16.5. The second kappa shape index (κ2) is 2.48. The van der Waals surface area contributed by atoms with Gasteiger partial charge in [-0.05, 0) is 19.3 Å². The number of ketones is 1. The Kier molecular flexibility index (Phi) is 1.54. The second-order valence-electron chi connectivity index (χ2n) is 5.14. The van der Waals surface area contributed by atoms with E-state index in [4.69, 9.17) is 4.74 Å². The van der Waals surface area contributed by atoms with Crippen LogP contribution in [0.15, 0.2) is 11.6 Å². The van der Waals surface area contributed by atoms with Crippen LogP contribution in [-0.4, -0.2) is 19.0 Å². The summed E-state index contributed by atoms with van der Waals surface area (Å²) in [4.78, 5) is 12.2. The lowest BCUT2D eigenvalue weighted by Gasteiger charge is -2.47. The molecule has 3 aliphatic carbocycles. The molecule has 2 bridgehead atoms. The number of Topliss-reactive ketones (excluding diaryl/α,β-unsaturated/α-hetero) is 1. The third-order valence-electron chi connectivity index (χ3n) is 4.47. The summed E-state index contributed by atoms with van der Waals surface area (Å²) in [6, 6.07) is 0. The molecule has 1 heterocycles. The van der Waals surface area contributed by atoms with Crippen LogP contribution in [0.2, 0.25) is 0 Å². The fraction of sp³-hybridized carbons (Fsp3) is 0.750. The van der Waals surface area contributed by atoms with E-state index in [2.05, 4.69) is 19.9 Å². The molecule has 2 fully saturated rings. The minimum absolute atomic E-state index is 0.220. The van der Waals surface area contributed by atoms with Crippen molar-refractivity contribution in [1.29, 1.82) is 0 Å². The molecule has 0 radical (unpaired) electrons. The number of carbonyl (C=O) groups is 1. The van der Waals surface area contributed by atoms with Gasteiger partial charge in [0, 0.05) is 11.8 Å². The van der Waals surface area contributed by atoms with Crippen molar-refractivity contribution >= 4 is 5.78 Å². The van der Waals surface area contributed by atoms with Crippen LogP contribution in [0, 0.1) is 23.2 Å². The van der Waals surface area contributed by atoms with Gasteiger partial charge in [0.1, 0.15) is 5.78 Å². The molecule has 1 saturated heterocycles. The maximum atomic E-state index is 12.2. The Morgan fingerprint density at radius 2 is 2.36 bits per heavy atom. The fourth-order valence-electron chi connectivity index (χ4n) is 3.63. The summed E-state index contributed by atoms with van der Waals surface area (Å²) in [5.41, 5.74) is 1.19. The van der Waals surface area contributed by atoms with Crippen molar-refractivity contribution in [3.63, 3.8) is 0 Å². The van der Waals surface area contributed by atoms with Gasteiger partial charge in [-0.2, -0.15) is 0 Å².